The molecule has 0 amide bonds. The predicted molar refractivity (Wildman–Crippen MR) is 63.4 cm³/mol. The van der Waals surface area contributed by atoms with Gasteiger partial charge in [-0.25, -0.2) is 0 Å². The van der Waals surface area contributed by atoms with E-state index in [-0.39, 0.29) is 6.61 Å². The van der Waals surface area contributed by atoms with Crippen LogP contribution in [0.15, 0.2) is 18.2 Å². The summed E-state index contributed by atoms with van der Waals surface area (Å²) in [4.78, 5) is 2.33. The Hall–Kier alpha value is -0.730. The first-order valence-corrected chi connectivity index (χ1v) is 5.76. The first-order valence-electron chi connectivity index (χ1n) is 5.39. The number of anilines is 1. The third kappa shape index (κ3) is 1.97. The van der Waals surface area contributed by atoms with Crippen molar-refractivity contribution in [3.63, 3.8) is 0 Å². The Bertz CT molecular complexity index is 353. The van der Waals surface area contributed by atoms with Crippen LogP contribution in [0, 0.1) is 0 Å². The zero-order chi connectivity index (χ0) is 10.8. The highest BCUT2D eigenvalue weighted by Crippen LogP contribution is 2.32. The summed E-state index contributed by atoms with van der Waals surface area (Å²) in [7, 11) is 0. The minimum absolute atomic E-state index is 0.0121. The molecular weight excluding hydrogens is 210 g/mol. The summed E-state index contributed by atoms with van der Waals surface area (Å²) >= 11 is 6.07. The fourth-order valence-electron chi connectivity index (χ4n) is 2.26. The van der Waals surface area contributed by atoms with Crippen LogP contribution in [0.4, 0.5) is 5.69 Å². The Morgan fingerprint density at radius 1 is 1.53 bits per heavy atom. The van der Waals surface area contributed by atoms with E-state index in [0.29, 0.717) is 11.1 Å². The second-order valence-electron chi connectivity index (χ2n) is 4.08. The average molecular weight is 226 g/mol. The molecule has 0 bridgehead atoms. The molecule has 2 rings (SSSR count). The maximum absolute atomic E-state index is 9.33. The van der Waals surface area contributed by atoms with E-state index in [1.807, 2.05) is 18.2 Å². The number of aliphatic hydroxyl groups excluding tert-OH is 1. The quantitative estimate of drug-likeness (QED) is 0.837. The van der Waals surface area contributed by atoms with Crippen molar-refractivity contribution in [1.29, 1.82) is 0 Å². The van der Waals surface area contributed by atoms with Crippen molar-refractivity contribution in [3.05, 3.63) is 28.8 Å². The summed E-state index contributed by atoms with van der Waals surface area (Å²) in [5, 5.41) is 10.00. The third-order valence-corrected chi connectivity index (χ3v) is 3.47. The van der Waals surface area contributed by atoms with Crippen molar-refractivity contribution in [1.82, 2.24) is 0 Å². The molecular formula is C12H16ClNO. The number of aliphatic hydroxyl groups is 1. The van der Waals surface area contributed by atoms with Crippen LogP contribution >= 0.6 is 11.6 Å². The molecule has 2 nitrogen and oxygen atoms in total. The Labute approximate surface area is 95.5 Å². The molecule has 3 heteroatoms. The van der Waals surface area contributed by atoms with Crippen LogP contribution in [-0.2, 0) is 6.61 Å². The van der Waals surface area contributed by atoms with Gasteiger partial charge >= 0.3 is 0 Å². The van der Waals surface area contributed by atoms with Gasteiger partial charge in [-0.1, -0.05) is 17.7 Å². The van der Waals surface area contributed by atoms with Crippen molar-refractivity contribution >= 4 is 17.3 Å². The van der Waals surface area contributed by atoms with Gasteiger partial charge in [0.1, 0.15) is 0 Å². The average Bonchev–Trinajstić information content (AvgIpc) is 2.64. The summed E-state index contributed by atoms with van der Waals surface area (Å²) in [6.07, 6.45) is 2.44. The van der Waals surface area contributed by atoms with Crippen LogP contribution < -0.4 is 4.90 Å². The first kappa shape index (κ1) is 10.8. The van der Waals surface area contributed by atoms with E-state index >= 15 is 0 Å². The molecule has 1 N–H and O–H groups in total. The van der Waals surface area contributed by atoms with Gasteiger partial charge in [-0.05, 0) is 31.9 Å². The molecule has 0 aliphatic carbocycles. The fraction of sp³-hybridized carbons (Fsp3) is 0.500. The SMILES string of the molecule is CC1CCCN1c1cccc(Cl)c1CO. The Balaban J connectivity index is 2.38. The molecule has 0 radical (unpaired) electrons. The molecule has 0 spiro atoms. The zero-order valence-electron chi connectivity index (χ0n) is 8.91. The van der Waals surface area contributed by atoms with Gasteiger partial charge in [0.25, 0.3) is 0 Å². The van der Waals surface area contributed by atoms with Crippen molar-refractivity contribution in [3.8, 4) is 0 Å². The van der Waals surface area contributed by atoms with Crippen molar-refractivity contribution < 1.29 is 5.11 Å². The van der Waals surface area contributed by atoms with Crippen LogP contribution in [-0.4, -0.2) is 17.7 Å². The van der Waals surface area contributed by atoms with E-state index in [2.05, 4.69) is 11.8 Å². The lowest BCUT2D eigenvalue weighted by Crippen LogP contribution is -2.27. The van der Waals surface area contributed by atoms with Crippen molar-refractivity contribution in [2.75, 3.05) is 11.4 Å². The van der Waals surface area contributed by atoms with Crippen molar-refractivity contribution in [2.24, 2.45) is 0 Å². The van der Waals surface area contributed by atoms with Gasteiger partial charge in [0, 0.05) is 28.9 Å². The minimum Gasteiger partial charge on any atom is -0.392 e. The number of rotatable bonds is 2. The van der Waals surface area contributed by atoms with Gasteiger partial charge in [-0.15, -0.1) is 0 Å². The van der Waals surface area contributed by atoms with E-state index in [9.17, 15) is 5.11 Å². The normalized spacial score (nSPS) is 21.0. The molecule has 0 saturated carbocycles. The first-order chi connectivity index (χ1) is 7.24. The highest BCUT2D eigenvalue weighted by molar-refractivity contribution is 6.31. The summed E-state index contributed by atoms with van der Waals surface area (Å²) in [6, 6.07) is 6.37. The number of hydrogen-bond donors (Lipinski definition) is 1. The highest BCUT2D eigenvalue weighted by Gasteiger charge is 2.22. The van der Waals surface area contributed by atoms with E-state index in [1.54, 1.807) is 0 Å². The lowest BCUT2D eigenvalue weighted by atomic mass is 10.1. The van der Waals surface area contributed by atoms with Crippen LogP contribution in [0.25, 0.3) is 0 Å². The lowest BCUT2D eigenvalue weighted by molar-refractivity contribution is 0.282. The molecule has 1 atom stereocenters. The topological polar surface area (TPSA) is 23.5 Å². The smallest absolute Gasteiger partial charge is 0.0716 e. The maximum atomic E-state index is 9.33. The number of hydrogen-bond acceptors (Lipinski definition) is 2. The van der Waals surface area contributed by atoms with Crippen LogP contribution in [0.5, 0.6) is 0 Å². The maximum Gasteiger partial charge on any atom is 0.0716 e. The fourth-order valence-corrected chi connectivity index (χ4v) is 2.49. The highest BCUT2D eigenvalue weighted by atomic mass is 35.5. The van der Waals surface area contributed by atoms with Crippen LogP contribution in [0.3, 0.4) is 0 Å². The number of benzene rings is 1. The molecule has 1 aromatic rings. The predicted octanol–water partition coefficient (Wildman–Crippen LogP) is 2.82. The monoisotopic (exact) mass is 225 g/mol. The van der Waals surface area contributed by atoms with Gasteiger partial charge in [0.2, 0.25) is 0 Å². The number of nitrogens with zero attached hydrogens (tertiary/aromatic N) is 1. The Kier molecular flexibility index (Phi) is 3.17. The Morgan fingerprint density at radius 2 is 2.33 bits per heavy atom. The molecule has 0 aromatic heterocycles. The second-order valence-corrected chi connectivity index (χ2v) is 4.49. The summed E-state index contributed by atoms with van der Waals surface area (Å²) in [6.45, 7) is 3.29. The summed E-state index contributed by atoms with van der Waals surface area (Å²) in [5.74, 6) is 0. The molecule has 1 saturated heterocycles. The minimum atomic E-state index is 0.0121. The molecule has 1 heterocycles. The van der Waals surface area contributed by atoms with Gasteiger partial charge in [-0.3, -0.25) is 0 Å². The molecule has 82 valence electrons. The zero-order valence-corrected chi connectivity index (χ0v) is 9.67. The molecule has 1 unspecified atom stereocenters. The molecule has 1 fully saturated rings. The van der Waals surface area contributed by atoms with Crippen LogP contribution in [0.1, 0.15) is 25.3 Å². The van der Waals surface area contributed by atoms with Gasteiger partial charge < -0.3 is 10.0 Å². The van der Waals surface area contributed by atoms with Crippen LogP contribution in [0.2, 0.25) is 5.02 Å². The van der Waals surface area contributed by atoms with E-state index < -0.39 is 0 Å². The molecule has 1 aromatic carbocycles. The Morgan fingerprint density at radius 3 is 2.93 bits per heavy atom. The molecule has 1 aliphatic rings. The summed E-state index contributed by atoms with van der Waals surface area (Å²) < 4.78 is 0. The van der Waals surface area contributed by atoms with Crippen molar-refractivity contribution in [2.45, 2.75) is 32.4 Å². The number of halogens is 1. The lowest BCUT2D eigenvalue weighted by Gasteiger charge is -2.26. The standard InChI is InChI=1S/C12H16ClNO/c1-9-4-3-7-14(9)12-6-2-5-11(13)10(12)8-15/h2,5-6,9,15H,3-4,7-8H2,1H3. The van der Waals surface area contributed by atoms with Gasteiger partial charge in [-0.2, -0.15) is 0 Å². The largest absolute Gasteiger partial charge is 0.392 e. The molecule has 15 heavy (non-hydrogen) atoms. The summed E-state index contributed by atoms with van der Waals surface area (Å²) in [5.41, 5.74) is 1.95. The second kappa shape index (κ2) is 4.42. The van der Waals surface area contributed by atoms with E-state index in [4.69, 9.17) is 11.6 Å². The molecule has 1 aliphatic heterocycles. The van der Waals surface area contributed by atoms with Gasteiger partial charge in [0.15, 0.2) is 0 Å². The third-order valence-electron chi connectivity index (χ3n) is 3.11. The van der Waals surface area contributed by atoms with E-state index in [1.165, 1.54) is 12.8 Å². The van der Waals surface area contributed by atoms with Gasteiger partial charge in [0.05, 0.1) is 6.61 Å². The van der Waals surface area contributed by atoms with E-state index in [0.717, 1.165) is 17.8 Å².